The molecule has 0 aliphatic carbocycles. The second-order valence-corrected chi connectivity index (χ2v) is 4.68. The van der Waals surface area contributed by atoms with E-state index in [1.54, 1.807) is 6.20 Å². The van der Waals surface area contributed by atoms with Crippen molar-refractivity contribution in [1.82, 2.24) is 14.9 Å². The minimum atomic E-state index is 0.554. The van der Waals surface area contributed by atoms with Crippen molar-refractivity contribution in [3.8, 4) is 0 Å². The summed E-state index contributed by atoms with van der Waals surface area (Å²) in [7, 11) is 2.16. The molecule has 1 aliphatic heterocycles. The van der Waals surface area contributed by atoms with Crippen LogP contribution in [-0.2, 0) is 0 Å². The van der Waals surface area contributed by atoms with Crippen LogP contribution in [0.4, 0.5) is 0 Å². The average Bonchev–Trinajstić information content (AvgIpc) is 2.18. The molecule has 4 heteroatoms. The van der Waals surface area contributed by atoms with E-state index in [1.165, 1.54) is 19.4 Å². The van der Waals surface area contributed by atoms with Crippen molar-refractivity contribution in [2.45, 2.75) is 18.8 Å². The summed E-state index contributed by atoms with van der Waals surface area (Å²) in [5, 5.41) is 0. The Hall–Kier alpha value is -0.480. The molecule has 0 bridgehead atoms. The van der Waals surface area contributed by atoms with Gasteiger partial charge in [0, 0.05) is 18.7 Å². The first-order valence-corrected chi connectivity index (χ1v) is 5.71. The summed E-state index contributed by atoms with van der Waals surface area (Å²) in [6.45, 7) is 2.31. The molecule has 1 atom stereocenters. The molecule has 3 nitrogen and oxygen atoms in total. The molecule has 2 heterocycles. The lowest BCUT2D eigenvalue weighted by Gasteiger charge is -2.29. The number of likely N-dealkylation sites (tertiary alicyclic amines) is 1. The number of aromatic nitrogens is 2. The summed E-state index contributed by atoms with van der Waals surface area (Å²) in [5.41, 5.74) is 1.12. The van der Waals surface area contributed by atoms with Crippen LogP contribution in [0.2, 0.25) is 0 Å². The Labute approximate surface area is 92.7 Å². The maximum atomic E-state index is 4.46. The van der Waals surface area contributed by atoms with Gasteiger partial charge in [-0.3, -0.25) is 4.98 Å². The van der Waals surface area contributed by atoms with Gasteiger partial charge in [-0.15, -0.1) is 0 Å². The van der Waals surface area contributed by atoms with Gasteiger partial charge in [0.25, 0.3) is 0 Å². The van der Waals surface area contributed by atoms with Crippen molar-refractivity contribution < 1.29 is 0 Å². The fourth-order valence-electron chi connectivity index (χ4n) is 1.96. The lowest BCUT2D eigenvalue weighted by atomic mass is 9.95. The van der Waals surface area contributed by atoms with E-state index >= 15 is 0 Å². The fourth-order valence-corrected chi connectivity index (χ4v) is 2.28. The van der Waals surface area contributed by atoms with Crippen LogP contribution in [0.1, 0.15) is 24.5 Å². The van der Waals surface area contributed by atoms with Gasteiger partial charge >= 0.3 is 0 Å². The van der Waals surface area contributed by atoms with Gasteiger partial charge in [0.1, 0.15) is 4.60 Å². The Balaban J connectivity index is 2.14. The summed E-state index contributed by atoms with van der Waals surface area (Å²) in [4.78, 5) is 11.0. The highest BCUT2D eigenvalue weighted by Crippen LogP contribution is 2.24. The summed E-state index contributed by atoms with van der Waals surface area (Å²) in [6.07, 6.45) is 6.11. The van der Waals surface area contributed by atoms with E-state index in [-0.39, 0.29) is 0 Å². The lowest BCUT2D eigenvalue weighted by molar-refractivity contribution is 0.248. The van der Waals surface area contributed by atoms with Gasteiger partial charge in [-0.05, 0) is 42.4 Å². The topological polar surface area (TPSA) is 29.0 Å². The van der Waals surface area contributed by atoms with E-state index in [2.05, 4.69) is 37.8 Å². The monoisotopic (exact) mass is 255 g/mol. The zero-order valence-corrected chi connectivity index (χ0v) is 9.87. The molecule has 0 radical (unpaired) electrons. The van der Waals surface area contributed by atoms with Gasteiger partial charge in [0.05, 0.1) is 11.9 Å². The average molecular weight is 256 g/mol. The molecule has 0 amide bonds. The predicted molar refractivity (Wildman–Crippen MR) is 59.2 cm³/mol. The van der Waals surface area contributed by atoms with Crippen LogP contribution < -0.4 is 0 Å². The first-order chi connectivity index (χ1) is 6.75. The minimum Gasteiger partial charge on any atom is -0.306 e. The van der Waals surface area contributed by atoms with Crippen molar-refractivity contribution >= 4 is 15.9 Å². The van der Waals surface area contributed by atoms with E-state index in [1.807, 2.05) is 6.20 Å². The molecule has 14 heavy (non-hydrogen) atoms. The smallest absolute Gasteiger partial charge is 0.124 e. The van der Waals surface area contributed by atoms with E-state index in [0.717, 1.165) is 16.8 Å². The van der Waals surface area contributed by atoms with Crippen LogP contribution >= 0.6 is 15.9 Å². The Bertz CT molecular complexity index is 316. The molecule has 0 saturated carbocycles. The molecule has 76 valence electrons. The molecule has 2 rings (SSSR count). The number of piperidine rings is 1. The van der Waals surface area contributed by atoms with E-state index in [9.17, 15) is 0 Å². The normalized spacial score (nSPS) is 23.7. The van der Waals surface area contributed by atoms with Crippen molar-refractivity contribution in [2.75, 3.05) is 20.1 Å². The summed E-state index contributed by atoms with van der Waals surface area (Å²) >= 11 is 3.36. The van der Waals surface area contributed by atoms with Crippen LogP contribution in [0.5, 0.6) is 0 Å². The SMILES string of the molecule is CN1CCC[C@H](c2cncc(Br)n2)C1. The number of nitrogens with zero attached hydrogens (tertiary/aromatic N) is 3. The number of halogens is 1. The maximum Gasteiger partial charge on any atom is 0.124 e. The zero-order chi connectivity index (χ0) is 9.97. The van der Waals surface area contributed by atoms with Crippen LogP contribution in [0.3, 0.4) is 0 Å². The van der Waals surface area contributed by atoms with Gasteiger partial charge in [0.2, 0.25) is 0 Å². The minimum absolute atomic E-state index is 0.554. The first kappa shape index (κ1) is 10.1. The van der Waals surface area contributed by atoms with E-state index in [4.69, 9.17) is 0 Å². The second kappa shape index (κ2) is 4.36. The van der Waals surface area contributed by atoms with Gasteiger partial charge in [-0.25, -0.2) is 4.98 Å². The molecule has 0 N–H and O–H groups in total. The molecule has 1 aromatic rings. The lowest BCUT2D eigenvalue weighted by Crippen LogP contribution is -2.31. The molecule has 0 spiro atoms. The molecule has 1 aliphatic rings. The van der Waals surface area contributed by atoms with Crippen LogP contribution in [0, 0.1) is 0 Å². The van der Waals surface area contributed by atoms with Gasteiger partial charge < -0.3 is 4.90 Å². The van der Waals surface area contributed by atoms with Crippen molar-refractivity contribution in [1.29, 1.82) is 0 Å². The number of rotatable bonds is 1. The quantitative estimate of drug-likeness (QED) is 0.770. The predicted octanol–water partition coefficient (Wildman–Crippen LogP) is 2.05. The summed E-state index contributed by atoms with van der Waals surface area (Å²) in [5.74, 6) is 0.554. The van der Waals surface area contributed by atoms with Gasteiger partial charge in [-0.1, -0.05) is 0 Å². The van der Waals surface area contributed by atoms with Crippen molar-refractivity contribution in [3.05, 3.63) is 22.7 Å². The van der Waals surface area contributed by atoms with Crippen molar-refractivity contribution in [2.24, 2.45) is 0 Å². The van der Waals surface area contributed by atoms with Crippen molar-refractivity contribution in [3.63, 3.8) is 0 Å². The number of hydrogen-bond donors (Lipinski definition) is 0. The molecule has 1 fully saturated rings. The number of likely N-dealkylation sites (N-methyl/N-ethyl adjacent to an activating group) is 1. The van der Waals surface area contributed by atoms with E-state index < -0.39 is 0 Å². The third-order valence-electron chi connectivity index (χ3n) is 2.67. The molecule has 0 aromatic carbocycles. The van der Waals surface area contributed by atoms with E-state index in [0.29, 0.717) is 5.92 Å². The Morgan fingerprint density at radius 1 is 1.50 bits per heavy atom. The third-order valence-corrected chi connectivity index (χ3v) is 3.05. The Morgan fingerprint density at radius 2 is 2.36 bits per heavy atom. The maximum absolute atomic E-state index is 4.46. The highest BCUT2D eigenvalue weighted by molar-refractivity contribution is 9.10. The molecule has 0 unspecified atom stereocenters. The first-order valence-electron chi connectivity index (χ1n) is 4.91. The summed E-state index contributed by atoms with van der Waals surface area (Å²) < 4.78 is 0.836. The highest BCUT2D eigenvalue weighted by atomic mass is 79.9. The largest absolute Gasteiger partial charge is 0.306 e. The zero-order valence-electron chi connectivity index (χ0n) is 8.28. The van der Waals surface area contributed by atoms with Gasteiger partial charge in [-0.2, -0.15) is 0 Å². The molecule has 1 aromatic heterocycles. The Kier molecular flexibility index (Phi) is 3.13. The van der Waals surface area contributed by atoms with Crippen LogP contribution in [0.15, 0.2) is 17.0 Å². The van der Waals surface area contributed by atoms with Gasteiger partial charge in [0.15, 0.2) is 0 Å². The molecular formula is C10H14BrN3. The third kappa shape index (κ3) is 2.30. The van der Waals surface area contributed by atoms with Crippen LogP contribution in [-0.4, -0.2) is 35.0 Å². The van der Waals surface area contributed by atoms with Crippen LogP contribution in [0.25, 0.3) is 0 Å². The standard InChI is InChI=1S/C10H14BrN3/c1-14-4-2-3-8(7-14)9-5-12-6-10(11)13-9/h5-6,8H,2-4,7H2,1H3/t8-/m0/s1. The number of hydrogen-bond acceptors (Lipinski definition) is 3. The highest BCUT2D eigenvalue weighted by Gasteiger charge is 2.20. The molecular weight excluding hydrogens is 242 g/mol. The second-order valence-electron chi connectivity index (χ2n) is 3.87. The molecule has 1 saturated heterocycles. The fraction of sp³-hybridized carbons (Fsp3) is 0.600. The Morgan fingerprint density at radius 3 is 3.07 bits per heavy atom. The summed E-state index contributed by atoms with van der Waals surface area (Å²) in [6, 6.07) is 0.